The molecule has 60 valence electrons. The molecule has 1 heteroatoms. The van der Waals surface area contributed by atoms with Crippen LogP contribution < -0.4 is 4.57 Å². The van der Waals surface area contributed by atoms with E-state index in [0.29, 0.717) is 5.92 Å². The lowest BCUT2D eigenvalue weighted by Crippen LogP contribution is -2.31. The monoisotopic (exact) mass is 150 g/mol. The van der Waals surface area contributed by atoms with Crippen LogP contribution in [0.4, 0.5) is 0 Å². The lowest BCUT2D eigenvalue weighted by molar-refractivity contribution is -0.694. The minimum atomic E-state index is 0.633. The van der Waals surface area contributed by atoms with Gasteiger partial charge in [0.25, 0.3) is 0 Å². The highest BCUT2D eigenvalue weighted by atomic mass is 14.9. The van der Waals surface area contributed by atoms with E-state index in [2.05, 4.69) is 49.9 Å². The van der Waals surface area contributed by atoms with Gasteiger partial charge < -0.3 is 0 Å². The van der Waals surface area contributed by atoms with Crippen molar-refractivity contribution < 1.29 is 4.57 Å². The molecule has 11 heavy (non-hydrogen) atoms. The third kappa shape index (κ3) is 2.04. The summed E-state index contributed by atoms with van der Waals surface area (Å²) in [7, 11) is 0. The predicted octanol–water partition coefficient (Wildman–Crippen LogP) is 2.12. The lowest BCUT2D eigenvalue weighted by Gasteiger charge is -2.01. The second kappa shape index (κ2) is 3.51. The van der Waals surface area contributed by atoms with Crippen LogP contribution in [0.15, 0.2) is 24.5 Å². The molecule has 0 spiro atoms. The Hall–Kier alpha value is -0.850. The van der Waals surface area contributed by atoms with Crippen LogP contribution in [-0.2, 0) is 6.54 Å². The van der Waals surface area contributed by atoms with E-state index in [9.17, 15) is 0 Å². The van der Waals surface area contributed by atoms with Crippen LogP contribution in [0, 0.1) is 0 Å². The number of pyridine rings is 1. The first-order valence-electron chi connectivity index (χ1n) is 4.23. The molecule has 1 rings (SSSR count). The molecule has 0 aliphatic rings. The zero-order valence-corrected chi connectivity index (χ0v) is 7.54. The molecule has 0 bridgehead atoms. The smallest absolute Gasteiger partial charge is 0.172 e. The minimum absolute atomic E-state index is 0.633. The summed E-state index contributed by atoms with van der Waals surface area (Å²) in [6, 6.07) is 4.29. The lowest BCUT2D eigenvalue weighted by atomic mass is 10.1. The van der Waals surface area contributed by atoms with Crippen molar-refractivity contribution in [2.24, 2.45) is 0 Å². The predicted molar refractivity (Wildman–Crippen MR) is 46.4 cm³/mol. The highest BCUT2D eigenvalue weighted by Gasteiger charge is 2.02. The Balaban J connectivity index is 2.91. The fraction of sp³-hybridized carbons (Fsp3) is 0.500. The van der Waals surface area contributed by atoms with Gasteiger partial charge in [0.05, 0.1) is 0 Å². The van der Waals surface area contributed by atoms with Crippen molar-refractivity contribution in [2.75, 3.05) is 0 Å². The molecule has 1 heterocycles. The summed E-state index contributed by atoms with van der Waals surface area (Å²) < 4.78 is 2.20. The number of nitrogens with zero attached hydrogens (tertiary/aromatic N) is 1. The second-order valence-corrected chi connectivity index (χ2v) is 3.12. The van der Waals surface area contributed by atoms with E-state index < -0.39 is 0 Å². The first-order valence-corrected chi connectivity index (χ1v) is 4.23. The van der Waals surface area contributed by atoms with Crippen LogP contribution >= 0.6 is 0 Å². The largest absolute Gasteiger partial charge is 0.205 e. The molecule has 0 fully saturated rings. The van der Waals surface area contributed by atoms with Crippen molar-refractivity contribution in [2.45, 2.75) is 33.2 Å². The number of hydrogen-bond acceptors (Lipinski definition) is 0. The van der Waals surface area contributed by atoms with E-state index in [0.717, 1.165) is 6.54 Å². The van der Waals surface area contributed by atoms with E-state index in [1.165, 1.54) is 5.56 Å². The Kier molecular flexibility index (Phi) is 2.64. The molecule has 1 aromatic rings. The van der Waals surface area contributed by atoms with E-state index in [1.54, 1.807) is 0 Å². The van der Waals surface area contributed by atoms with Crippen molar-refractivity contribution >= 4 is 0 Å². The van der Waals surface area contributed by atoms with Gasteiger partial charge in [-0.25, -0.2) is 4.57 Å². The summed E-state index contributed by atoms with van der Waals surface area (Å²) in [6.07, 6.45) is 4.32. The molecule has 0 saturated heterocycles. The van der Waals surface area contributed by atoms with Crippen LogP contribution in [0.1, 0.15) is 32.3 Å². The highest BCUT2D eigenvalue weighted by Crippen LogP contribution is 2.09. The summed E-state index contributed by atoms with van der Waals surface area (Å²) in [4.78, 5) is 0. The molecule has 0 atom stereocenters. The van der Waals surface area contributed by atoms with E-state index in [1.807, 2.05) is 0 Å². The van der Waals surface area contributed by atoms with Crippen molar-refractivity contribution in [1.82, 2.24) is 0 Å². The summed E-state index contributed by atoms with van der Waals surface area (Å²) in [5.74, 6) is 0.633. The Morgan fingerprint density at radius 1 is 1.45 bits per heavy atom. The number of aromatic nitrogens is 1. The standard InChI is InChI=1S/C10H16N/c1-4-11-7-5-6-10(8-11)9(2)3/h5-9H,4H2,1-3H3/q+1. The highest BCUT2D eigenvalue weighted by molar-refractivity contribution is 5.09. The van der Waals surface area contributed by atoms with Crippen LogP contribution in [0.3, 0.4) is 0 Å². The van der Waals surface area contributed by atoms with Gasteiger partial charge >= 0.3 is 0 Å². The van der Waals surface area contributed by atoms with Crippen LogP contribution in [0.25, 0.3) is 0 Å². The van der Waals surface area contributed by atoms with Gasteiger partial charge in [0.15, 0.2) is 12.4 Å². The van der Waals surface area contributed by atoms with Crippen molar-refractivity contribution in [3.63, 3.8) is 0 Å². The summed E-state index contributed by atoms with van der Waals surface area (Å²) in [6.45, 7) is 7.65. The normalized spacial score (nSPS) is 10.5. The second-order valence-electron chi connectivity index (χ2n) is 3.12. The topological polar surface area (TPSA) is 3.88 Å². The molecule has 0 N–H and O–H groups in total. The van der Waals surface area contributed by atoms with Gasteiger partial charge in [0, 0.05) is 11.6 Å². The van der Waals surface area contributed by atoms with Gasteiger partial charge in [-0.3, -0.25) is 0 Å². The molecule has 0 aliphatic heterocycles. The SMILES string of the molecule is CC[n+]1cccc(C(C)C)c1. The molecule has 0 aromatic carbocycles. The van der Waals surface area contributed by atoms with Crippen molar-refractivity contribution in [1.29, 1.82) is 0 Å². The Bertz CT molecular complexity index is 228. The molecule has 0 saturated carbocycles. The van der Waals surface area contributed by atoms with E-state index in [-0.39, 0.29) is 0 Å². The summed E-state index contributed by atoms with van der Waals surface area (Å²) >= 11 is 0. The fourth-order valence-corrected chi connectivity index (χ4v) is 1.08. The quantitative estimate of drug-likeness (QED) is 0.568. The van der Waals surface area contributed by atoms with Crippen LogP contribution in [0.2, 0.25) is 0 Å². The average molecular weight is 150 g/mol. The van der Waals surface area contributed by atoms with Crippen molar-refractivity contribution in [3.05, 3.63) is 30.1 Å². The van der Waals surface area contributed by atoms with Crippen LogP contribution in [-0.4, -0.2) is 0 Å². The molecule has 0 aliphatic carbocycles. The van der Waals surface area contributed by atoms with Gasteiger partial charge in [-0.15, -0.1) is 0 Å². The molecule has 1 aromatic heterocycles. The number of aryl methyl sites for hydroxylation is 1. The van der Waals surface area contributed by atoms with Crippen LogP contribution in [0.5, 0.6) is 0 Å². The van der Waals surface area contributed by atoms with Gasteiger partial charge in [-0.1, -0.05) is 13.8 Å². The van der Waals surface area contributed by atoms with E-state index in [4.69, 9.17) is 0 Å². The number of hydrogen-bond donors (Lipinski definition) is 0. The van der Waals surface area contributed by atoms with E-state index >= 15 is 0 Å². The number of rotatable bonds is 2. The van der Waals surface area contributed by atoms with Gasteiger partial charge in [-0.2, -0.15) is 0 Å². The fourth-order valence-electron chi connectivity index (χ4n) is 1.08. The third-order valence-corrected chi connectivity index (χ3v) is 1.91. The summed E-state index contributed by atoms with van der Waals surface area (Å²) in [5.41, 5.74) is 1.41. The maximum atomic E-state index is 2.22. The zero-order valence-electron chi connectivity index (χ0n) is 7.54. The average Bonchev–Trinajstić information content (AvgIpc) is 2.05. The Morgan fingerprint density at radius 2 is 2.18 bits per heavy atom. The molecule has 0 radical (unpaired) electrons. The van der Waals surface area contributed by atoms with Crippen molar-refractivity contribution in [3.8, 4) is 0 Å². The van der Waals surface area contributed by atoms with Gasteiger partial charge in [-0.05, 0) is 18.9 Å². The van der Waals surface area contributed by atoms with Gasteiger partial charge in [0.2, 0.25) is 0 Å². The minimum Gasteiger partial charge on any atom is -0.205 e. The Labute approximate surface area is 68.7 Å². The first-order chi connectivity index (χ1) is 5.24. The molecular formula is C10H16N+. The first kappa shape index (κ1) is 8.25. The maximum Gasteiger partial charge on any atom is 0.172 e. The summed E-state index contributed by atoms with van der Waals surface area (Å²) in [5, 5.41) is 0. The molecule has 0 amide bonds. The third-order valence-electron chi connectivity index (χ3n) is 1.91. The molecular weight excluding hydrogens is 134 g/mol. The molecule has 1 nitrogen and oxygen atoms in total. The molecule has 0 unspecified atom stereocenters. The maximum absolute atomic E-state index is 2.22. The zero-order chi connectivity index (χ0) is 8.27. The Morgan fingerprint density at radius 3 is 2.73 bits per heavy atom. The van der Waals surface area contributed by atoms with Gasteiger partial charge in [0.1, 0.15) is 6.54 Å².